The van der Waals surface area contributed by atoms with Crippen molar-refractivity contribution < 1.29 is 29.4 Å². The molecule has 1 N–H and O–H groups in total. The largest absolute Gasteiger partial charge is 0.481 e. The Kier molecular flexibility index (Phi) is 5.73. The molecule has 12 heavy (non-hydrogen) atoms. The van der Waals surface area contributed by atoms with Crippen LogP contribution >= 0.6 is 0 Å². The summed E-state index contributed by atoms with van der Waals surface area (Å²) in [7, 11) is 0. The van der Waals surface area contributed by atoms with Gasteiger partial charge in [0, 0.05) is 19.5 Å². The molecule has 0 heterocycles. The Morgan fingerprint density at radius 2 is 1.83 bits per heavy atom. The molecule has 1 atom stereocenters. The summed E-state index contributed by atoms with van der Waals surface area (Å²) in [5.74, 6) is -0.312. The number of hydrogen-bond donors (Lipinski definition) is 1. The van der Waals surface area contributed by atoms with Crippen molar-refractivity contribution >= 4 is 5.97 Å². The van der Waals surface area contributed by atoms with Gasteiger partial charge in [-0.15, -0.1) is 0 Å². The van der Waals surface area contributed by atoms with Gasteiger partial charge in [-0.25, -0.2) is 0 Å². The molecule has 0 aliphatic heterocycles. The summed E-state index contributed by atoms with van der Waals surface area (Å²) in [6, 6.07) is 0. The molecule has 0 bridgehead atoms. The van der Waals surface area contributed by atoms with E-state index in [2.05, 4.69) is 0 Å². The number of carboxylic acid groups (broad SMARTS) is 1. The Morgan fingerprint density at radius 3 is 2.25 bits per heavy atom. The van der Waals surface area contributed by atoms with Crippen molar-refractivity contribution in [1.82, 2.24) is 0 Å². The van der Waals surface area contributed by atoms with E-state index in [4.69, 9.17) is 5.11 Å². The molecule has 0 aromatic carbocycles. The van der Waals surface area contributed by atoms with Crippen LogP contribution in [0.5, 0.6) is 0 Å². The number of carboxylic acids is 1. The summed E-state index contributed by atoms with van der Waals surface area (Å²) in [6.45, 7) is 1.83. The summed E-state index contributed by atoms with van der Waals surface area (Å²) < 4.78 is 0. The standard InChI is InChI=1S/C9H16O2.Ru/c1-7(9(10)11)8-5-3-2-4-6-8;/h7-8H,2-6H2,1H3,(H,10,11);. The van der Waals surface area contributed by atoms with Crippen LogP contribution in [0.2, 0.25) is 0 Å². The predicted octanol–water partition coefficient (Wildman–Crippen LogP) is 2.28. The van der Waals surface area contributed by atoms with Crippen molar-refractivity contribution in [3.63, 3.8) is 0 Å². The molecule has 0 radical (unpaired) electrons. The van der Waals surface area contributed by atoms with Crippen LogP contribution in [0.1, 0.15) is 39.0 Å². The zero-order valence-corrected chi connectivity index (χ0v) is 9.14. The number of rotatable bonds is 2. The van der Waals surface area contributed by atoms with Gasteiger partial charge in [0.05, 0.1) is 5.92 Å². The van der Waals surface area contributed by atoms with Crippen LogP contribution in [-0.2, 0) is 24.3 Å². The first-order valence-corrected chi connectivity index (χ1v) is 4.44. The number of aliphatic carboxylic acids is 1. The van der Waals surface area contributed by atoms with Crippen molar-refractivity contribution in [2.75, 3.05) is 0 Å². The van der Waals surface area contributed by atoms with Gasteiger partial charge >= 0.3 is 5.97 Å². The fourth-order valence-corrected chi connectivity index (χ4v) is 1.84. The van der Waals surface area contributed by atoms with Gasteiger partial charge in [0.1, 0.15) is 0 Å². The van der Waals surface area contributed by atoms with Gasteiger partial charge in [-0.05, 0) is 18.8 Å². The van der Waals surface area contributed by atoms with Crippen LogP contribution in [-0.4, -0.2) is 11.1 Å². The Labute approximate surface area is 86.5 Å². The molecule has 1 aliphatic rings. The third kappa shape index (κ3) is 3.22. The van der Waals surface area contributed by atoms with E-state index >= 15 is 0 Å². The topological polar surface area (TPSA) is 37.3 Å². The van der Waals surface area contributed by atoms with Crippen molar-refractivity contribution in [2.24, 2.45) is 11.8 Å². The molecule has 1 saturated carbocycles. The molecule has 0 aromatic heterocycles. The average molecular weight is 257 g/mol. The second kappa shape index (κ2) is 5.69. The molecule has 0 aromatic rings. The minimum absolute atomic E-state index is 0. The van der Waals surface area contributed by atoms with E-state index in [1.165, 1.54) is 19.3 Å². The quantitative estimate of drug-likeness (QED) is 0.771. The zero-order chi connectivity index (χ0) is 8.27. The van der Waals surface area contributed by atoms with Crippen molar-refractivity contribution in [2.45, 2.75) is 39.0 Å². The van der Waals surface area contributed by atoms with E-state index in [1.807, 2.05) is 6.92 Å². The second-order valence-corrected chi connectivity index (χ2v) is 3.53. The van der Waals surface area contributed by atoms with Gasteiger partial charge in [-0.2, -0.15) is 0 Å². The second-order valence-electron chi connectivity index (χ2n) is 3.53. The van der Waals surface area contributed by atoms with Gasteiger partial charge < -0.3 is 5.11 Å². The monoisotopic (exact) mass is 258 g/mol. The van der Waals surface area contributed by atoms with Crippen molar-refractivity contribution in [3.05, 3.63) is 0 Å². The predicted molar refractivity (Wildman–Crippen MR) is 43.4 cm³/mol. The van der Waals surface area contributed by atoms with Crippen LogP contribution in [0.4, 0.5) is 0 Å². The maximum absolute atomic E-state index is 10.6. The first-order chi connectivity index (χ1) is 5.22. The fraction of sp³-hybridized carbons (Fsp3) is 0.889. The third-order valence-electron chi connectivity index (χ3n) is 2.75. The minimum atomic E-state index is -0.628. The molecule has 1 rings (SSSR count). The minimum Gasteiger partial charge on any atom is -0.481 e. The molecule has 0 saturated heterocycles. The molecule has 1 aliphatic carbocycles. The summed E-state index contributed by atoms with van der Waals surface area (Å²) in [4.78, 5) is 10.6. The third-order valence-corrected chi connectivity index (χ3v) is 2.75. The van der Waals surface area contributed by atoms with Crippen LogP contribution in [0.15, 0.2) is 0 Å². The van der Waals surface area contributed by atoms with E-state index in [-0.39, 0.29) is 25.4 Å². The Balaban J connectivity index is 0.00000121. The Bertz CT molecular complexity index is 141. The first kappa shape index (κ1) is 12.1. The zero-order valence-electron chi connectivity index (χ0n) is 7.40. The summed E-state index contributed by atoms with van der Waals surface area (Å²) in [5.41, 5.74) is 0. The van der Waals surface area contributed by atoms with Gasteiger partial charge in [0.2, 0.25) is 0 Å². The first-order valence-electron chi connectivity index (χ1n) is 4.44. The maximum atomic E-state index is 10.6. The Morgan fingerprint density at radius 1 is 1.33 bits per heavy atom. The molecule has 0 amide bonds. The molecule has 3 heteroatoms. The average Bonchev–Trinajstić information content (AvgIpc) is 2.05. The van der Waals surface area contributed by atoms with E-state index in [0.717, 1.165) is 12.8 Å². The van der Waals surface area contributed by atoms with Gasteiger partial charge in [-0.1, -0.05) is 26.2 Å². The molecular formula is C9H16O2Ru. The van der Waals surface area contributed by atoms with E-state index in [9.17, 15) is 4.79 Å². The molecule has 1 fully saturated rings. The molecule has 2 nitrogen and oxygen atoms in total. The van der Waals surface area contributed by atoms with Crippen molar-refractivity contribution in [3.8, 4) is 0 Å². The summed E-state index contributed by atoms with van der Waals surface area (Å²) in [5, 5.41) is 8.73. The smallest absolute Gasteiger partial charge is 0.306 e. The maximum Gasteiger partial charge on any atom is 0.306 e. The molecule has 0 spiro atoms. The number of carbonyl (C=O) groups is 1. The van der Waals surface area contributed by atoms with E-state index < -0.39 is 5.97 Å². The van der Waals surface area contributed by atoms with Gasteiger partial charge in [0.25, 0.3) is 0 Å². The van der Waals surface area contributed by atoms with Crippen LogP contribution in [0.25, 0.3) is 0 Å². The fourth-order valence-electron chi connectivity index (χ4n) is 1.84. The van der Waals surface area contributed by atoms with E-state index in [1.54, 1.807) is 0 Å². The summed E-state index contributed by atoms with van der Waals surface area (Å²) >= 11 is 0. The molecule has 1 unspecified atom stereocenters. The normalized spacial score (nSPS) is 21.1. The summed E-state index contributed by atoms with van der Waals surface area (Å²) in [6.07, 6.45) is 5.98. The molecule has 72 valence electrons. The van der Waals surface area contributed by atoms with E-state index in [0.29, 0.717) is 5.92 Å². The number of hydrogen-bond acceptors (Lipinski definition) is 1. The van der Waals surface area contributed by atoms with Crippen LogP contribution in [0.3, 0.4) is 0 Å². The molecular weight excluding hydrogens is 241 g/mol. The van der Waals surface area contributed by atoms with Crippen molar-refractivity contribution in [1.29, 1.82) is 0 Å². The van der Waals surface area contributed by atoms with Crippen LogP contribution in [0, 0.1) is 11.8 Å². The van der Waals surface area contributed by atoms with Crippen LogP contribution < -0.4 is 0 Å². The Hall–Kier alpha value is 0.0934. The van der Waals surface area contributed by atoms with Gasteiger partial charge in [0.15, 0.2) is 0 Å². The SMILES string of the molecule is CC(C(=O)O)C1CCCCC1.[Ru]. The van der Waals surface area contributed by atoms with Gasteiger partial charge in [-0.3, -0.25) is 4.79 Å².